The van der Waals surface area contributed by atoms with Crippen molar-refractivity contribution in [2.24, 2.45) is 0 Å². The Morgan fingerprint density at radius 1 is 0.568 bits per heavy atom. The zero-order valence-corrected chi connectivity index (χ0v) is 28.0. The van der Waals surface area contributed by atoms with Crippen LogP contribution in [0.4, 0.5) is 0 Å². The van der Waals surface area contributed by atoms with E-state index in [0.717, 1.165) is 42.7 Å². The Hall–Kier alpha value is -3.07. The van der Waals surface area contributed by atoms with Crippen molar-refractivity contribution in [1.29, 1.82) is 0 Å². The van der Waals surface area contributed by atoms with Crippen molar-refractivity contribution in [2.75, 3.05) is 6.61 Å². The van der Waals surface area contributed by atoms with Crippen LogP contribution in [0, 0.1) is 0 Å². The molecule has 3 aromatic rings. The first kappa shape index (κ1) is 35.4. The molecule has 0 fully saturated rings. The van der Waals surface area contributed by atoms with Gasteiger partial charge in [-0.1, -0.05) is 164 Å². The molecule has 3 aromatic carbocycles. The Kier molecular flexibility index (Phi) is 17.4. The smallest absolute Gasteiger partial charge is 0.306 e. The summed E-state index contributed by atoms with van der Waals surface area (Å²) < 4.78 is 11.8. The summed E-state index contributed by atoms with van der Waals surface area (Å²) in [6, 6.07) is 25.5. The first-order valence-corrected chi connectivity index (χ1v) is 17.7. The summed E-state index contributed by atoms with van der Waals surface area (Å²) in [5.74, 6) is 0.840. The number of hydrogen-bond acceptors (Lipinski definition) is 3. The van der Waals surface area contributed by atoms with Crippen LogP contribution in [0.5, 0.6) is 5.75 Å². The highest BCUT2D eigenvalue weighted by molar-refractivity contribution is 5.83. The Morgan fingerprint density at radius 3 is 1.55 bits per heavy atom. The maximum absolute atomic E-state index is 12.4. The van der Waals surface area contributed by atoms with Crippen LogP contribution in [0.15, 0.2) is 72.8 Å². The van der Waals surface area contributed by atoms with Crippen LogP contribution in [-0.2, 0) is 9.53 Å². The van der Waals surface area contributed by atoms with Gasteiger partial charge < -0.3 is 9.47 Å². The number of carbonyl (C=O) groups is 1. The molecule has 240 valence electrons. The largest absolute Gasteiger partial charge is 0.494 e. The maximum Gasteiger partial charge on any atom is 0.306 e. The molecule has 0 aliphatic carbocycles. The van der Waals surface area contributed by atoms with Gasteiger partial charge in [-0.25, -0.2) is 0 Å². The molecule has 0 aliphatic rings. The SMILES string of the molecule is CCCCCCCCCCCOc1ccc(-c2ccccc2-c2ccc(C(C)OC(=O)CCCCCCCCC)cc2)cc1. The minimum Gasteiger partial charge on any atom is -0.494 e. The molecule has 0 heterocycles. The summed E-state index contributed by atoms with van der Waals surface area (Å²) in [7, 11) is 0. The average Bonchev–Trinajstić information content (AvgIpc) is 3.05. The van der Waals surface area contributed by atoms with Crippen LogP contribution in [0.1, 0.15) is 142 Å². The number of carbonyl (C=O) groups excluding carboxylic acids is 1. The van der Waals surface area contributed by atoms with Gasteiger partial charge in [-0.15, -0.1) is 0 Å². The highest BCUT2D eigenvalue weighted by Crippen LogP contribution is 2.34. The van der Waals surface area contributed by atoms with Gasteiger partial charge in [-0.3, -0.25) is 4.79 Å². The van der Waals surface area contributed by atoms with Crippen molar-refractivity contribution in [3.63, 3.8) is 0 Å². The molecule has 3 heteroatoms. The zero-order valence-electron chi connectivity index (χ0n) is 28.0. The number of unbranched alkanes of at least 4 members (excludes halogenated alkanes) is 14. The monoisotopic (exact) mass is 598 g/mol. The van der Waals surface area contributed by atoms with Crippen molar-refractivity contribution in [3.05, 3.63) is 78.4 Å². The lowest BCUT2D eigenvalue weighted by atomic mass is 9.93. The molecule has 1 unspecified atom stereocenters. The number of benzene rings is 3. The van der Waals surface area contributed by atoms with E-state index < -0.39 is 0 Å². The normalized spacial score (nSPS) is 11.8. The van der Waals surface area contributed by atoms with Gasteiger partial charge in [-0.05, 0) is 59.7 Å². The van der Waals surface area contributed by atoms with Crippen molar-refractivity contribution in [1.82, 2.24) is 0 Å². The number of ether oxygens (including phenoxy) is 2. The van der Waals surface area contributed by atoms with Gasteiger partial charge in [-0.2, -0.15) is 0 Å². The van der Waals surface area contributed by atoms with Crippen molar-refractivity contribution < 1.29 is 14.3 Å². The van der Waals surface area contributed by atoms with E-state index in [1.54, 1.807) is 0 Å². The second-order valence-electron chi connectivity index (χ2n) is 12.4. The molecule has 0 bridgehead atoms. The summed E-state index contributed by atoms with van der Waals surface area (Å²) in [5, 5.41) is 0. The lowest BCUT2D eigenvalue weighted by Crippen LogP contribution is -2.08. The van der Waals surface area contributed by atoms with E-state index in [4.69, 9.17) is 9.47 Å². The summed E-state index contributed by atoms with van der Waals surface area (Å²) >= 11 is 0. The minimum atomic E-state index is -0.251. The quantitative estimate of drug-likeness (QED) is 0.0804. The fourth-order valence-electron chi connectivity index (χ4n) is 5.80. The van der Waals surface area contributed by atoms with E-state index >= 15 is 0 Å². The fraction of sp³-hybridized carbons (Fsp3) is 0.537. The third-order valence-corrected chi connectivity index (χ3v) is 8.59. The second kappa shape index (κ2) is 21.6. The molecule has 3 rings (SSSR count). The van der Waals surface area contributed by atoms with Crippen molar-refractivity contribution in [3.8, 4) is 28.0 Å². The van der Waals surface area contributed by atoms with E-state index in [2.05, 4.69) is 86.6 Å². The Morgan fingerprint density at radius 2 is 1.02 bits per heavy atom. The molecule has 3 nitrogen and oxygen atoms in total. The lowest BCUT2D eigenvalue weighted by molar-refractivity contribution is -0.148. The van der Waals surface area contributed by atoms with Crippen LogP contribution in [0.25, 0.3) is 22.3 Å². The van der Waals surface area contributed by atoms with Gasteiger partial charge in [0.2, 0.25) is 0 Å². The summed E-state index contributed by atoms with van der Waals surface area (Å²) in [4.78, 5) is 12.4. The molecule has 0 radical (unpaired) electrons. The number of rotatable bonds is 23. The Labute approximate surface area is 268 Å². The van der Waals surface area contributed by atoms with Gasteiger partial charge in [0.15, 0.2) is 0 Å². The molecular weight excluding hydrogens is 540 g/mol. The van der Waals surface area contributed by atoms with Gasteiger partial charge in [0.1, 0.15) is 11.9 Å². The summed E-state index contributed by atoms with van der Waals surface area (Å²) in [6.45, 7) is 7.25. The van der Waals surface area contributed by atoms with E-state index in [9.17, 15) is 4.79 Å². The van der Waals surface area contributed by atoms with Crippen LogP contribution >= 0.6 is 0 Å². The molecular formula is C41H58O3. The van der Waals surface area contributed by atoms with Gasteiger partial charge >= 0.3 is 5.97 Å². The molecule has 0 spiro atoms. The van der Waals surface area contributed by atoms with Gasteiger partial charge in [0, 0.05) is 6.42 Å². The van der Waals surface area contributed by atoms with E-state index in [1.165, 1.54) is 100 Å². The van der Waals surface area contributed by atoms with Crippen LogP contribution in [0.3, 0.4) is 0 Å². The average molecular weight is 599 g/mol. The second-order valence-corrected chi connectivity index (χ2v) is 12.4. The zero-order chi connectivity index (χ0) is 31.2. The highest BCUT2D eigenvalue weighted by atomic mass is 16.5. The molecule has 0 amide bonds. The molecule has 0 aromatic heterocycles. The van der Waals surface area contributed by atoms with Gasteiger partial charge in [0.25, 0.3) is 0 Å². The van der Waals surface area contributed by atoms with Crippen LogP contribution < -0.4 is 4.74 Å². The summed E-state index contributed by atoms with van der Waals surface area (Å²) in [6.07, 6.45) is 20.5. The minimum absolute atomic E-state index is 0.0962. The van der Waals surface area contributed by atoms with E-state index in [0.29, 0.717) is 6.42 Å². The molecule has 0 saturated carbocycles. The van der Waals surface area contributed by atoms with Gasteiger partial charge in [0.05, 0.1) is 6.61 Å². The molecule has 0 N–H and O–H groups in total. The fourth-order valence-corrected chi connectivity index (χ4v) is 5.80. The topological polar surface area (TPSA) is 35.5 Å². The van der Waals surface area contributed by atoms with E-state index in [1.807, 2.05) is 6.92 Å². The molecule has 0 saturated heterocycles. The number of hydrogen-bond donors (Lipinski definition) is 0. The standard InChI is InChI=1S/C41H58O3/c1-4-6-8-10-12-13-15-17-21-33-43-38-31-29-37(30-32-38)40-23-20-19-22-39(40)36-27-25-35(26-28-36)34(3)44-41(42)24-18-16-14-11-9-7-5-2/h19-20,22-23,25-32,34H,4-18,21,24,33H2,1-3H3. The molecule has 44 heavy (non-hydrogen) atoms. The number of esters is 1. The van der Waals surface area contributed by atoms with Crippen molar-refractivity contribution in [2.45, 2.75) is 136 Å². The van der Waals surface area contributed by atoms with Crippen LogP contribution in [-0.4, -0.2) is 12.6 Å². The summed E-state index contributed by atoms with van der Waals surface area (Å²) in [5.41, 5.74) is 5.72. The van der Waals surface area contributed by atoms with E-state index in [-0.39, 0.29) is 12.1 Å². The third kappa shape index (κ3) is 13.3. The molecule has 0 aliphatic heterocycles. The third-order valence-electron chi connectivity index (χ3n) is 8.59. The first-order valence-electron chi connectivity index (χ1n) is 17.7. The highest BCUT2D eigenvalue weighted by Gasteiger charge is 2.13. The predicted molar refractivity (Wildman–Crippen MR) is 187 cm³/mol. The first-order chi connectivity index (χ1) is 21.6. The molecule has 1 atom stereocenters. The lowest BCUT2D eigenvalue weighted by Gasteiger charge is -2.15. The van der Waals surface area contributed by atoms with Crippen molar-refractivity contribution >= 4 is 5.97 Å². The Balaban J connectivity index is 1.45. The predicted octanol–water partition coefficient (Wildman–Crippen LogP) is 12.7. The maximum atomic E-state index is 12.4. The van der Waals surface area contributed by atoms with Crippen LogP contribution in [0.2, 0.25) is 0 Å². The Bertz CT molecular complexity index is 1170.